The number of hydrogen-bond donors (Lipinski definition) is 0. The van der Waals surface area contributed by atoms with E-state index in [9.17, 15) is 4.79 Å². The van der Waals surface area contributed by atoms with Crippen LogP contribution in [0.1, 0.15) is 37.4 Å². The van der Waals surface area contributed by atoms with Gasteiger partial charge in [-0.25, -0.2) is 0 Å². The number of para-hydroxylation sites is 1. The van der Waals surface area contributed by atoms with Crippen LogP contribution < -0.4 is 9.47 Å². The lowest BCUT2D eigenvalue weighted by Crippen LogP contribution is -2.05. The summed E-state index contributed by atoms with van der Waals surface area (Å²) < 4.78 is 13.2. The largest absolute Gasteiger partial charge is 0.493 e. The normalized spacial score (nSPS) is 11.0. The molecule has 0 unspecified atom stereocenters. The first-order valence-corrected chi connectivity index (χ1v) is 9.98. The van der Waals surface area contributed by atoms with Gasteiger partial charge in [0.25, 0.3) is 0 Å². The van der Waals surface area contributed by atoms with E-state index in [-0.39, 0.29) is 0 Å². The first-order valence-electron chi connectivity index (χ1n) is 9.98. The molecule has 0 aliphatic rings. The Hall–Kier alpha value is -2.75. The summed E-state index contributed by atoms with van der Waals surface area (Å²) >= 11 is 0. The fraction of sp³-hybridized carbons (Fsp3) is 0.375. The highest BCUT2D eigenvalue weighted by Gasteiger charge is 2.09. The molecule has 4 heteroatoms. The molecule has 0 fully saturated rings. The highest BCUT2D eigenvalue weighted by molar-refractivity contribution is 5.81. The molecule has 4 nitrogen and oxygen atoms in total. The number of hydrogen-bond acceptors (Lipinski definition) is 3. The summed E-state index contributed by atoms with van der Waals surface area (Å²) in [5, 5.41) is 1.26. The second-order valence-electron chi connectivity index (χ2n) is 7.06. The Labute approximate surface area is 167 Å². The average molecular weight is 380 g/mol. The summed E-state index contributed by atoms with van der Waals surface area (Å²) in [7, 11) is 1.64. The van der Waals surface area contributed by atoms with Crippen molar-refractivity contribution < 1.29 is 14.3 Å². The lowest BCUT2D eigenvalue weighted by Gasteiger charge is -2.11. The summed E-state index contributed by atoms with van der Waals surface area (Å²) in [5.41, 5.74) is 3.59. The van der Waals surface area contributed by atoms with Crippen LogP contribution in [0.5, 0.6) is 11.5 Å². The van der Waals surface area contributed by atoms with Crippen LogP contribution in [0.4, 0.5) is 0 Å². The number of ketones is 1. The topological polar surface area (TPSA) is 40.5 Å². The van der Waals surface area contributed by atoms with Crippen molar-refractivity contribution in [2.24, 2.45) is 0 Å². The predicted molar refractivity (Wildman–Crippen MR) is 113 cm³/mol. The molecular formula is C24H29NO3. The molecule has 0 aliphatic heterocycles. The summed E-state index contributed by atoms with van der Waals surface area (Å²) in [5.74, 6) is 1.78. The van der Waals surface area contributed by atoms with Gasteiger partial charge < -0.3 is 14.0 Å². The van der Waals surface area contributed by atoms with Crippen molar-refractivity contribution in [1.29, 1.82) is 0 Å². The Bertz CT molecular complexity index is 942. The fourth-order valence-electron chi connectivity index (χ4n) is 3.63. The van der Waals surface area contributed by atoms with Crippen molar-refractivity contribution in [3.05, 3.63) is 59.8 Å². The number of carbonyl (C=O) groups excluding carboxylic acids is 1. The molecule has 3 aromatic rings. The minimum atomic E-state index is 0.307. The molecule has 0 amide bonds. The average Bonchev–Trinajstić information content (AvgIpc) is 3.02. The van der Waals surface area contributed by atoms with Gasteiger partial charge in [0.1, 0.15) is 5.78 Å². The second kappa shape index (κ2) is 9.45. The molecule has 0 bridgehead atoms. The van der Waals surface area contributed by atoms with Gasteiger partial charge in [-0.1, -0.05) is 24.3 Å². The van der Waals surface area contributed by atoms with E-state index in [1.54, 1.807) is 7.11 Å². The number of aryl methyl sites for hydroxylation is 3. The Kier molecular flexibility index (Phi) is 6.75. The molecule has 3 rings (SSSR count). The van der Waals surface area contributed by atoms with Gasteiger partial charge in [0.2, 0.25) is 0 Å². The fourth-order valence-corrected chi connectivity index (χ4v) is 3.63. The molecule has 0 saturated carbocycles. The highest BCUT2D eigenvalue weighted by atomic mass is 16.5. The smallest absolute Gasteiger partial charge is 0.161 e. The van der Waals surface area contributed by atoms with E-state index in [1.807, 2.05) is 25.1 Å². The van der Waals surface area contributed by atoms with Crippen molar-refractivity contribution in [2.45, 2.75) is 46.1 Å². The zero-order valence-electron chi connectivity index (χ0n) is 17.0. The Morgan fingerprint density at radius 3 is 2.64 bits per heavy atom. The number of rotatable bonds is 10. The zero-order valence-corrected chi connectivity index (χ0v) is 17.0. The number of aromatic nitrogens is 1. The lowest BCUT2D eigenvalue weighted by molar-refractivity contribution is -0.119. The molecule has 148 valence electrons. The van der Waals surface area contributed by atoms with E-state index in [4.69, 9.17) is 9.47 Å². The lowest BCUT2D eigenvalue weighted by atomic mass is 10.0. The maximum atomic E-state index is 12.4. The van der Waals surface area contributed by atoms with Crippen molar-refractivity contribution >= 4 is 16.7 Å². The molecule has 0 saturated heterocycles. The molecule has 1 heterocycles. The Morgan fingerprint density at radius 1 is 1.04 bits per heavy atom. The summed E-state index contributed by atoms with van der Waals surface area (Å²) in [6.07, 6.45) is 2.76. The summed E-state index contributed by atoms with van der Waals surface area (Å²) in [4.78, 5) is 12.4. The SMILES string of the molecule is CCOc1ccc(CCC(=O)CCCn2c(C)cc3ccccc32)cc1OC. The van der Waals surface area contributed by atoms with Crippen molar-refractivity contribution in [1.82, 2.24) is 4.57 Å². The molecule has 28 heavy (non-hydrogen) atoms. The first-order chi connectivity index (χ1) is 13.6. The van der Waals surface area contributed by atoms with Crippen LogP contribution in [0.2, 0.25) is 0 Å². The second-order valence-corrected chi connectivity index (χ2v) is 7.06. The third-order valence-corrected chi connectivity index (χ3v) is 5.08. The first kappa shape index (κ1) is 20.0. The van der Waals surface area contributed by atoms with Crippen molar-refractivity contribution in [3.8, 4) is 11.5 Å². The molecule has 0 N–H and O–H groups in total. The van der Waals surface area contributed by atoms with Gasteiger partial charge in [0, 0.05) is 30.6 Å². The van der Waals surface area contributed by atoms with Gasteiger partial charge >= 0.3 is 0 Å². The maximum Gasteiger partial charge on any atom is 0.161 e. The number of carbonyl (C=O) groups is 1. The van der Waals surface area contributed by atoms with Crippen LogP contribution in [0.3, 0.4) is 0 Å². The number of nitrogens with zero attached hydrogens (tertiary/aromatic N) is 1. The van der Waals surface area contributed by atoms with E-state index in [1.165, 1.54) is 16.6 Å². The number of fused-ring (bicyclic) bond motifs is 1. The van der Waals surface area contributed by atoms with E-state index >= 15 is 0 Å². The third kappa shape index (κ3) is 4.75. The molecule has 1 aromatic heterocycles. The monoisotopic (exact) mass is 379 g/mol. The van der Waals surface area contributed by atoms with Crippen LogP contribution in [-0.4, -0.2) is 24.1 Å². The van der Waals surface area contributed by atoms with Crippen molar-refractivity contribution in [2.75, 3.05) is 13.7 Å². The Balaban J connectivity index is 1.50. The molecular weight excluding hydrogens is 350 g/mol. The van der Waals surface area contributed by atoms with Gasteiger partial charge in [0.05, 0.1) is 13.7 Å². The van der Waals surface area contributed by atoms with Crippen LogP contribution in [-0.2, 0) is 17.8 Å². The quantitative estimate of drug-likeness (QED) is 0.477. The standard InChI is InChI=1S/C24H29NO3/c1-4-28-23-14-12-19(17-24(23)27-3)11-13-21(26)9-7-15-25-18(2)16-20-8-5-6-10-22(20)25/h5-6,8,10,12,14,16-17H,4,7,9,11,13,15H2,1-3H3. The van der Waals surface area contributed by atoms with Gasteiger partial charge in [-0.05, 0) is 61.9 Å². The van der Waals surface area contributed by atoms with Crippen molar-refractivity contribution in [3.63, 3.8) is 0 Å². The van der Waals surface area contributed by atoms with E-state index in [0.29, 0.717) is 25.2 Å². The number of ether oxygens (including phenoxy) is 2. The number of Topliss-reactive ketones (excluding diaryl/α,β-unsaturated/α-hetero) is 1. The van der Waals surface area contributed by atoms with Crippen LogP contribution in [0, 0.1) is 6.92 Å². The molecule has 0 radical (unpaired) electrons. The zero-order chi connectivity index (χ0) is 19.9. The predicted octanol–water partition coefficient (Wildman–Crippen LogP) is 5.34. The third-order valence-electron chi connectivity index (χ3n) is 5.08. The summed E-state index contributed by atoms with van der Waals surface area (Å²) in [6, 6.07) is 16.5. The van der Waals surface area contributed by atoms with Gasteiger partial charge in [0.15, 0.2) is 11.5 Å². The van der Waals surface area contributed by atoms with Crippen LogP contribution in [0.25, 0.3) is 10.9 Å². The molecule has 2 aromatic carbocycles. The molecule has 0 aliphatic carbocycles. The minimum Gasteiger partial charge on any atom is -0.493 e. The van der Waals surface area contributed by atoms with Gasteiger partial charge in [-0.15, -0.1) is 0 Å². The minimum absolute atomic E-state index is 0.307. The van der Waals surface area contributed by atoms with Gasteiger partial charge in [-0.2, -0.15) is 0 Å². The maximum absolute atomic E-state index is 12.4. The highest BCUT2D eigenvalue weighted by Crippen LogP contribution is 2.28. The van der Waals surface area contributed by atoms with E-state index in [2.05, 4.69) is 41.8 Å². The molecule has 0 spiro atoms. The van der Waals surface area contributed by atoms with E-state index in [0.717, 1.165) is 36.4 Å². The molecule has 0 atom stereocenters. The van der Waals surface area contributed by atoms with Crippen LogP contribution in [0.15, 0.2) is 48.5 Å². The number of benzene rings is 2. The summed E-state index contributed by atoms with van der Waals surface area (Å²) in [6.45, 7) is 5.55. The van der Waals surface area contributed by atoms with Gasteiger partial charge in [-0.3, -0.25) is 4.79 Å². The van der Waals surface area contributed by atoms with Crippen LogP contribution >= 0.6 is 0 Å². The van der Waals surface area contributed by atoms with E-state index < -0.39 is 0 Å². The Morgan fingerprint density at radius 2 is 1.86 bits per heavy atom. The number of methoxy groups -OCH3 is 1.